The number of β-amino-alcohol motifs (C(OH)–C–C–N with tert-alkyl or cyclic N) is 1. The normalized spacial score (nSPS) is 27.0. The highest BCUT2D eigenvalue weighted by Crippen LogP contribution is 2.39. The maximum atomic E-state index is 11.1. The van der Waals surface area contributed by atoms with Crippen molar-refractivity contribution in [3.05, 3.63) is 35.5 Å². The fourth-order valence-electron chi connectivity index (χ4n) is 3.87. The summed E-state index contributed by atoms with van der Waals surface area (Å²) in [6.45, 7) is 2.35. The van der Waals surface area contributed by atoms with Crippen LogP contribution >= 0.6 is 0 Å². The van der Waals surface area contributed by atoms with Crippen molar-refractivity contribution in [3.63, 3.8) is 0 Å². The molecule has 7 nitrogen and oxygen atoms in total. The number of aliphatic hydroxyl groups is 1. The van der Waals surface area contributed by atoms with Gasteiger partial charge in [0, 0.05) is 42.9 Å². The minimum absolute atomic E-state index is 0.431. The van der Waals surface area contributed by atoms with Crippen molar-refractivity contribution in [2.45, 2.75) is 68.9 Å². The van der Waals surface area contributed by atoms with E-state index in [-0.39, 0.29) is 0 Å². The molecular formula is C19H25N5O2. The summed E-state index contributed by atoms with van der Waals surface area (Å²) in [5.74, 6) is 3.41. The third-order valence-corrected chi connectivity index (χ3v) is 5.61. The van der Waals surface area contributed by atoms with Crippen LogP contribution < -0.4 is 0 Å². The summed E-state index contributed by atoms with van der Waals surface area (Å²) >= 11 is 0. The molecule has 0 radical (unpaired) electrons. The molecule has 2 saturated carbocycles. The van der Waals surface area contributed by atoms with E-state index in [9.17, 15) is 5.11 Å². The average Bonchev–Trinajstić information content (AvgIpc) is 3.54. The molecule has 0 spiro atoms. The van der Waals surface area contributed by atoms with Crippen LogP contribution in [0.25, 0.3) is 0 Å². The third kappa shape index (κ3) is 3.64. The Labute approximate surface area is 152 Å². The molecule has 1 saturated heterocycles. The van der Waals surface area contributed by atoms with Gasteiger partial charge in [0.15, 0.2) is 5.82 Å². The van der Waals surface area contributed by atoms with Crippen LogP contribution in [0, 0.1) is 0 Å². The largest absolute Gasteiger partial charge is 0.388 e. The van der Waals surface area contributed by atoms with Gasteiger partial charge in [-0.3, -0.25) is 4.90 Å². The van der Waals surface area contributed by atoms with E-state index in [1.54, 1.807) is 0 Å². The van der Waals surface area contributed by atoms with Gasteiger partial charge in [0.1, 0.15) is 5.82 Å². The van der Waals surface area contributed by atoms with Gasteiger partial charge in [0.2, 0.25) is 5.89 Å². The molecule has 0 aromatic carbocycles. The first-order valence-corrected chi connectivity index (χ1v) is 9.75. The van der Waals surface area contributed by atoms with Crippen LogP contribution in [-0.4, -0.2) is 48.8 Å². The number of aromatic nitrogens is 4. The molecule has 26 heavy (non-hydrogen) atoms. The summed E-state index contributed by atoms with van der Waals surface area (Å²) in [4.78, 5) is 15.8. The Morgan fingerprint density at radius 2 is 1.85 bits per heavy atom. The molecule has 3 aliphatic rings. The van der Waals surface area contributed by atoms with E-state index in [4.69, 9.17) is 4.52 Å². The van der Waals surface area contributed by atoms with E-state index < -0.39 is 5.60 Å². The lowest BCUT2D eigenvalue weighted by molar-refractivity contribution is -0.0374. The monoisotopic (exact) mass is 355 g/mol. The van der Waals surface area contributed by atoms with Gasteiger partial charge in [-0.25, -0.2) is 9.97 Å². The Hall–Kier alpha value is -1.86. The van der Waals surface area contributed by atoms with E-state index in [0.717, 1.165) is 56.0 Å². The molecule has 2 aromatic heterocycles. The van der Waals surface area contributed by atoms with E-state index in [1.807, 2.05) is 12.4 Å². The van der Waals surface area contributed by atoms with E-state index in [0.29, 0.717) is 30.7 Å². The molecule has 1 atom stereocenters. The van der Waals surface area contributed by atoms with Gasteiger partial charge in [0.05, 0.1) is 12.0 Å². The van der Waals surface area contributed by atoms with Crippen LogP contribution in [0.2, 0.25) is 0 Å². The molecule has 1 unspecified atom stereocenters. The maximum Gasteiger partial charge on any atom is 0.229 e. The number of likely N-dealkylation sites (tertiary alicyclic amines) is 1. The van der Waals surface area contributed by atoms with Crippen molar-refractivity contribution in [2.75, 3.05) is 13.1 Å². The predicted octanol–water partition coefficient (Wildman–Crippen LogP) is 2.18. The highest BCUT2D eigenvalue weighted by molar-refractivity contribution is 5.11. The van der Waals surface area contributed by atoms with Gasteiger partial charge in [0.25, 0.3) is 0 Å². The Morgan fingerprint density at radius 1 is 1.12 bits per heavy atom. The maximum absolute atomic E-state index is 11.1. The molecule has 1 N–H and O–H groups in total. The number of rotatable bonds is 6. The molecule has 1 aliphatic heterocycles. The molecule has 3 fully saturated rings. The highest BCUT2D eigenvalue weighted by Gasteiger charge is 2.36. The van der Waals surface area contributed by atoms with Crippen LogP contribution in [0.1, 0.15) is 73.5 Å². The average molecular weight is 355 g/mol. The topological polar surface area (TPSA) is 88.2 Å². The van der Waals surface area contributed by atoms with Gasteiger partial charge in [-0.05, 0) is 45.1 Å². The Morgan fingerprint density at radius 3 is 2.58 bits per heavy atom. The second-order valence-electron chi connectivity index (χ2n) is 8.26. The van der Waals surface area contributed by atoms with Crippen LogP contribution in [0.15, 0.2) is 16.9 Å². The van der Waals surface area contributed by atoms with Crippen molar-refractivity contribution < 1.29 is 9.63 Å². The third-order valence-electron chi connectivity index (χ3n) is 5.61. The zero-order chi connectivity index (χ0) is 17.6. The molecule has 3 heterocycles. The summed E-state index contributed by atoms with van der Waals surface area (Å²) in [7, 11) is 0. The van der Waals surface area contributed by atoms with Gasteiger partial charge >= 0.3 is 0 Å². The molecule has 2 aromatic rings. The first-order chi connectivity index (χ1) is 12.7. The predicted molar refractivity (Wildman–Crippen MR) is 93.4 cm³/mol. The van der Waals surface area contributed by atoms with Crippen LogP contribution in [0.3, 0.4) is 0 Å². The van der Waals surface area contributed by atoms with Crippen molar-refractivity contribution in [1.82, 2.24) is 25.0 Å². The molecule has 0 amide bonds. The number of hydrogen-bond donors (Lipinski definition) is 1. The van der Waals surface area contributed by atoms with Gasteiger partial charge in [-0.15, -0.1) is 0 Å². The van der Waals surface area contributed by atoms with Crippen molar-refractivity contribution in [2.24, 2.45) is 0 Å². The Kier molecular flexibility index (Phi) is 4.01. The van der Waals surface area contributed by atoms with Gasteiger partial charge in [-0.1, -0.05) is 5.16 Å². The quantitative estimate of drug-likeness (QED) is 0.849. The standard InChI is InChI=1S/C19H25N5O2/c25-19(8-16-22-18(23-26-16)15-4-5-15)6-1-7-24(12-19)11-13-9-20-17(21-10-13)14-2-3-14/h9-10,14-15,25H,1-8,11-12H2. The number of nitrogens with zero attached hydrogens (tertiary/aromatic N) is 5. The lowest BCUT2D eigenvalue weighted by Gasteiger charge is -2.38. The second-order valence-corrected chi connectivity index (χ2v) is 8.26. The van der Waals surface area contributed by atoms with Gasteiger partial charge in [-0.2, -0.15) is 4.98 Å². The molecule has 2 aliphatic carbocycles. The molecule has 5 rings (SSSR count). The molecular weight excluding hydrogens is 330 g/mol. The van der Waals surface area contributed by atoms with Crippen molar-refractivity contribution in [1.29, 1.82) is 0 Å². The van der Waals surface area contributed by atoms with E-state index >= 15 is 0 Å². The van der Waals surface area contributed by atoms with Crippen molar-refractivity contribution in [3.8, 4) is 0 Å². The summed E-state index contributed by atoms with van der Waals surface area (Å²) in [5.41, 5.74) is 0.299. The lowest BCUT2D eigenvalue weighted by atomic mass is 9.89. The fraction of sp³-hybridized carbons (Fsp3) is 0.684. The SMILES string of the molecule is OC1(Cc2nc(C3CC3)no2)CCCN(Cc2cnc(C3CC3)nc2)C1. The summed E-state index contributed by atoms with van der Waals surface area (Å²) in [6.07, 6.45) is 10.8. The van der Waals surface area contributed by atoms with Crippen LogP contribution in [0.5, 0.6) is 0 Å². The Balaban J connectivity index is 1.21. The first kappa shape index (κ1) is 16.3. The van der Waals surface area contributed by atoms with E-state index in [2.05, 4.69) is 25.0 Å². The summed E-state index contributed by atoms with van der Waals surface area (Å²) in [5, 5.41) is 15.1. The smallest absolute Gasteiger partial charge is 0.229 e. The molecule has 7 heteroatoms. The zero-order valence-corrected chi connectivity index (χ0v) is 15.0. The number of piperidine rings is 1. The fourth-order valence-corrected chi connectivity index (χ4v) is 3.87. The molecule has 0 bridgehead atoms. The first-order valence-electron chi connectivity index (χ1n) is 9.75. The highest BCUT2D eigenvalue weighted by atomic mass is 16.5. The zero-order valence-electron chi connectivity index (χ0n) is 15.0. The van der Waals surface area contributed by atoms with E-state index in [1.165, 1.54) is 12.8 Å². The summed E-state index contributed by atoms with van der Waals surface area (Å²) < 4.78 is 5.37. The lowest BCUT2D eigenvalue weighted by Crippen LogP contribution is -2.49. The van der Waals surface area contributed by atoms with Gasteiger partial charge < -0.3 is 9.63 Å². The minimum Gasteiger partial charge on any atom is -0.388 e. The second kappa shape index (κ2) is 6.39. The minimum atomic E-state index is -0.805. The van der Waals surface area contributed by atoms with Crippen LogP contribution in [-0.2, 0) is 13.0 Å². The Bertz CT molecular complexity index is 768. The molecule has 138 valence electrons. The number of hydrogen-bond acceptors (Lipinski definition) is 7. The van der Waals surface area contributed by atoms with Crippen molar-refractivity contribution >= 4 is 0 Å². The van der Waals surface area contributed by atoms with Crippen LogP contribution in [0.4, 0.5) is 0 Å². The summed E-state index contributed by atoms with van der Waals surface area (Å²) in [6, 6.07) is 0.